The first-order valence-corrected chi connectivity index (χ1v) is 6.53. The van der Waals surface area contributed by atoms with Crippen LogP contribution in [0.4, 0.5) is 20.6 Å². The Hall–Kier alpha value is -2.97. The van der Waals surface area contributed by atoms with Crippen LogP contribution < -0.4 is 10.6 Å². The number of anilines is 1. The molecule has 1 aliphatic heterocycles. The molecule has 0 aliphatic carbocycles. The van der Waals surface area contributed by atoms with Crippen LogP contribution in [0.15, 0.2) is 35.6 Å². The topological polar surface area (TPSA) is 98.6 Å². The summed E-state index contributed by atoms with van der Waals surface area (Å²) in [4.78, 5) is 17.0. The molecule has 1 aromatic heterocycles. The molecular weight excluding hydrogens is 291 g/mol. The number of hydrogen-bond donors (Lipinski definition) is 1. The number of rotatable bonds is 4. The molecule has 9 heteroatoms. The van der Waals surface area contributed by atoms with Crippen molar-refractivity contribution in [2.24, 2.45) is 10.7 Å². The SMILES string of the molecule is NC=Nc1ccc(N2C[C@H](Cn3ccnn3)OC2=O)cc1F. The molecule has 1 atom stereocenters. The van der Waals surface area contributed by atoms with Crippen molar-refractivity contribution in [2.45, 2.75) is 12.6 Å². The van der Waals surface area contributed by atoms with Crippen LogP contribution in [-0.2, 0) is 11.3 Å². The molecule has 2 N–H and O–H groups in total. The molecule has 1 aromatic carbocycles. The summed E-state index contributed by atoms with van der Waals surface area (Å²) in [7, 11) is 0. The molecule has 1 aliphatic rings. The summed E-state index contributed by atoms with van der Waals surface area (Å²) in [6.07, 6.45) is 3.32. The van der Waals surface area contributed by atoms with Crippen LogP contribution >= 0.6 is 0 Å². The third-order valence-electron chi connectivity index (χ3n) is 3.19. The van der Waals surface area contributed by atoms with Crippen LogP contribution in [0, 0.1) is 5.82 Å². The van der Waals surface area contributed by atoms with E-state index >= 15 is 0 Å². The second-order valence-corrected chi connectivity index (χ2v) is 4.66. The molecule has 1 saturated heterocycles. The van der Waals surface area contributed by atoms with Gasteiger partial charge in [-0.05, 0) is 18.2 Å². The van der Waals surface area contributed by atoms with Crippen LogP contribution in [-0.4, -0.2) is 40.1 Å². The molecule has 8 nitrogen and oxygen atoms in total. The van der Waals surface area contributed by atoms with Gasteiger partial charge in [0.15, 0.2) is 5.82 Å². The van der Waals surface area contributed by atoms with Crippen molar-refractivity contribution < 1.29 is 13.9 Å². The smallest absolute Gasteiger partial charge is 0.414 e. The molecule has 0 unspecified atom stereocenters. The quantitative estimate of drug-likeness (QED) is 0.672. The highest BCUT2D eigenvalue weighted by molar-refractivity contribution is 5.90. The fourth-order valence-corrected chi connectivity index (χ4v) is 2.21. The molecule has 1 fully saturated rings. The molecule has 0 spiro atoms. The summed E-state index contributed by atoms with van der Waals surface area (Å²) >= 11 is 0. The van der Waals surface area contributed by atoms with Gasteiger partial charge < -0.3 is 10.5 Å². The summed E-state index contributed by atoms with van der Waals surface area (Å²) in [5, 5.41) is 7.50. The number of aromatic nitrogens is 3. The largest absolute Gasteiger partial charge is 0.442 e. The van der Waals surface area contributed by atoms with E-state index in [2.05, 4.69) is 15.3 Å². The van der Waals surface area contributed by atoms with Gasteiger partial charge in [0.25, 0.3) is 0 Å². The van der Waals surface area contributed by atoms with Crippen molar-refractivity contribution in [3.63, 3.8) is 0 Å². The Labute approximate surface area is 125 Å². The van der Waals surface area contributed by atoms with Crippen LogP contribution in [0.3, 0.4) is 0 Å². The molecule has 0 radical (unpaired) electrons. The number of cyclic esters (lactones) is 1. The van der Waals surface area contributed by atoms with E-state index in [-0.39, 0.29) is 11.8 Å². The lowest BCUT2D eigenvalue weighted by Gasteiger charge is -2.13. The van der Waals surface area contributed by atoms with Crippen LogP contribution in [0.25, 0.3) is 0 Å². The van der Waals surface area contributed by atoms with Crippen molar-refractivity contribution in [1.29, 1.82) is 0 Å². The maximum Gasteiger partial charge on any atom is 0.414 e. The van der Waals surface area contributed by atoms with Gasteiger partial charge in [0.1, 0.15) is 11.8 Å². The molecule has 114 valence electrons. The Morgan fingerprint density at radius 1 is 1.55 bits per heavy atom. The number of hydrogen-bond acceptors (Lipinski definition) is 5. The zero-order chi connectivity index (χ0) is 15.5. The zero-order valence-corrected chi connectivity index (χ0v) is 11.5. The number of amides is 1. The van der Waals surface area contributed by atoms with Gasteiger partial charge in [0, 0.05) is 6.20 Å². The average molecular weight is 304 g/mol. The third kappa shape index (κ3) is 2.73. The molecule has 2 heterocycles. The van der Waals surface area contributed by atoms with E-state index in [1.807, 2.05) is 0 Å². The van der Waals surface area contributed by atoms with E-state index < -0.39 is 11.9 Å². The van der Waals surface area contributed by atoms with E-state index in [0.29, 0.717) is 18.8 Å². The fraction of sp³-hybridized carbons (Fsp3) is 0.231. The molecule has 3 rings (SSSR count). The highest BCUT2D eigenvalue weighted by Gasteiger charge is 2.33. The monoisotopic (exact) mass is 304 g/mol. The maximum absolute atomic E-state index is 13.8. The summed E-state index contributed by atoms with van der Waals surface area (Å²) in [5.74, 6) is -0.563. The van der Waals surface area contributed by atoms with Crippen molar-refractivity contribution in [2.75, 3.05) is 11.4 Å². The minimum atomic E-state index is -0.563. The van der Waals surface area contributed by atoms with Crippen molar-refractivity contribution in [3.05, 3.63) is 36.4 Å². The number of aliphatic imine (C=N–C) groups is 1. The Kier molecular flexibility index (Phi) is 3.69. The predicted octanol–water partition coefficient (Wildman–Crippen LogP) is 1.06. The van der Waals surface area contributed by atoms with Gasteiger partial charge >= 0.3 is 6.09 Å². The van der Waals surface area contributed by atoms with Gasteiger partial charge in [0.2, 0.25) is 0 Å². The molecular formula is C13H13FN6O2. The Morgan fingerprint density at radius 2 is 2.41 bits per heavy atom. The lowest BCUT2D eigenvalue weighted by molar-refractivity contribution is 0.129. The number of ether oxygens (including phenoxy) is 1. The minimum Gasteiger partial charge on any atom is -0.442 e. The van der Waals surface area contributed by atoms with E-state index in [4.69, 9.17) is 10.5 Å². The standard InChI is InChI=1S/C13H13FN6O2/c14-11-5-9(1-2-12(11)16-8-15)20-7-10(22-13(20)21)6-19-4-3-17-18-19/h1-5,8,10H,6-7H2,(H2,15,16)/t10-/m0/s1. The normalized spacial score (nSPS) is 18.1. The molecule has 0 saturated carbocycles. The fourth-order valence-electron chi connectivity index (χ4n) is 2.21. The first kappa shape index (κ1) is 14.0. The van der Waals surface area contributed by atoms with Crippen molar-refractivity contribution >= 4 is 23.8 Å². The highest BCUT2D eigenvalue weighted by atomic mass is 19.1. The van der Waals surface area contributed by atoms with Crippen LogP contribution in [0.5, 0.6) is 0 Å². The summed E-state index contributed by atoms with van der Waals surface area (Å²) < 4.78 is 20.7. The van der Waals surface area contributed by atoms with Crippen molar-refractivity contribution in [1.82, 2.24) is 15.0 Å². The lowest BCUT2D eigenvalue weighted by atomic mass is 10.2. The van der Waals surface area contributed by atoms with Gasteiger partial charge in [-0.25, -0.2) is 18.9 Å². The van der Waals surface area contributed by atoms with Gasteiger partial charge in [0.05, 0.1) is 31.3 Å². The second kappa shape index (κ2) is 5.80. The number of nitrogens with zero attached hydrogens (tertiary/aromatic N) is 5. The van der Waals surface area contributed by atoms with Gasteiger partial charge in [-0.15, -0.1) is 5.10 Å². The van der Waals surface area contributed by atoms with Gasteiger partial charge in [-0.3, -0.25) is 4.90 Å². The first-order chi connectivity index (χ1) is 10.7. The predicted molar refractivity (Wildman–Crippen MR) is 76.4 cm³/mol. The van der Waals surface area contributed by atoms with E-state index in [0.717, 1.165) is 6.34 Å². The first-order valence-electron chi connectivity index (χ1n) is 6.53. The molecule has 2 aromatic rings. The number of benzene rings is 1. The van der Waals surface area contributed by atoms with Crippen molar-refractivity contribution in [3.8, 4) is 0 Å². The Balaban J connectivity index is 1.75. The lowest BCUT2D eigenvalue weighted by Crippen LogP contribution is -2.26. The number of carbonyl (C=O) groups is 1. The van der Waals surface area contributed by atoms with E-state index in [1.54, 1.807) is 23.1 Å². The molecule has 22 heavy (non-hydrogen) atoms. The molecule has 1 amide bonds. The minimum absolute atomic E-state index is 0.109. The Morgan fingerprint density at radius 3 is 3.09 bits per heavy atom. The zero-order valence-electron chi connectivity index (χ0n) is 11.5. The number of halogens is 1. The molecule has 0 bridgehead atoms. The maximum atomic E-state index is 13.8. The average Bonchev–Trinajstić information content (AvgIpc) is 3.12. The van der Waals surface area contributed by atoms with E-state index in [9.17, 15) is 9.18 Å². The van der Waals surface area contributed by atoms with Gasteiger partial charge in [-0.2, -0.15) is 0 Å². The third-order valence-corrected chi connectivity index (χ3v) is 3.19. The summed E-state index contributed by atoms with van der Waals surface area (Å²) in [5.41, 5.74) is 5.65. The summed E-state index contributed by atoms with van der Waals surface area (Å²) in [6, 6.07) is 4.26. The second-order valence-electron chi connectivity index (χ2n) is 4.66. The van der Waals surface area contributed by atoms with Crippen LogP contribution in [0.1, 0.15) is 0 Å². The number of carbonyl (C=O) groups excluding carboxylic acids is 1. The van der Waals surface area contributed by atoms with E-state index in [1.165, 1.54) is 17.0 Å². The number of nitrogens with two attached hydrogens (primary N) is 1. The van der Waals surface area contributed by atoms with Crippen LogP contribution in [0.2, 0.25) is 0 Å². The summed E-state index contributed by atoms with van der Waals surface area (Å²) in [6.45, 7) is 0.692. The Bertz CT molecular complexity index is 703. The highest BCUT2D eigenvalue weighted by Crippen LogP contribution is 2.27. The van der Waals surface area contributed by atoms with Gasteiger partial charge in [-0.1, -0.05) is 5.21 Å².